The number of para-hydroxylation sites is 2. The normalized spacial score (nSPS) is 16.8. The number of fused-ring (bicyclic) bond motifs is 1. The number of halogens is 1. The predicted octanol–water partition coefficient (Wildman–Crippen LogP) is 3.98. The third kappa shape index (κ3) is 2.25. The Morgan fingerprint density at radius 1 is 1.00 bits per heavy atom. The number of hydrogen-bond acceptors (Lipinski definition) is 2. The summed E-state index contributed by atoms with van der Waals surface area (Å²) in [7, 11) is 0. The number of anilines is 3. The van der Waals surface area contributed by atoms with Crippen LogP contribution >= 0.6 is 11.6 Å². The first-order chi connectivity index (χ1) is 10.4. The van der Waals surface area contributed by atoms with Crippen molar-refractivity contribution >= 4 is 40.5 Å². The smallest absolute Gasteiger partial charge is 0.246 e. The molecule has 22 heavy (non-hydrogen) atoms. The van der Waals surface area contributed by atoms with Gasteiger partial charge in [0.15, 0.2) is 0 Å². The van der Waals surface area contributed by atoms with E-state index in [1.54, 1.807) is 49.1 Å². The number of benzene rings is 2. The average Bonchev–Trinajstić information content (AvgIpc) is 2.57. The SMILES string of the molecule is CC1(C)C(=O)Nc2ccccc2N(c2ccc(Cl)cc2)C1=O. The van der Waals surface area contributed by atoms with E-state index in [0.29, 0.717) is 22.1 Å². The fraction of sp³-hybridized carbons (Fsp3) is 0.176. The number of amides is 2. The van der Waals surface area contributed by atoms with Crippen LogP contribution in [0.3, 0.4) is 0 Å². The molecule has 0 saturated carbocycles. The maximum absolute atomic E-state index is 13.0. The van der Waals surface area contributed by atoms with Crippen molar-refractivity contribution in [2.24, 2.45) is 5.41 Å². The molecule has 0 spiro atoms. The van der Waals surface area contributed by atoms with E-state index in [4.69, 9.17) is 11.6 Å². The van der Waals surface area contributed by atoms with Crippen LogP contribution in [0.5, 0.6) is 0 Å². The Labute approximate surface area is 133 Å². The number of nitrogens with zero attached hydrogens (tertiary/aromatic N) is 1. The Hall–Kier alpha value is -2.33. The lowest BCUT2D eigenvalue weighted by molar-refractivity contribution is -0.135. The second-order valence-electron chi connectivity index (χ2n) is 5.71. The molecule has 1 aliphatic rings. The molecular weight excluding hydrogens is 300 g/mol. The Morgan fingerprint density at radius 2 is 1.64 bits per heavy atom. The van der Waals surface area contributed by atoms with E-state index >= 15 is 0 Å². The summed E-state index contributed by atoms with van der Waals surface area (Å²) in [5.74, 6) is -0.598. The van der Waals surface area contributed by atoms with E-state index in [0.717, 1.165) is 0 Å². The van der Waals surface area contributed by atoms with Crippen molar-refractivity contribution < 1.29 is 9.59 Å². The molecule has 112 valence electrons. The van der Waals surface area contributed by atoms with Gasteiger partial charge in [0, 0.05) is 10.7 Å². The van der Waals surface area contributed by atoms with E-state index in [-0.39, 0.29) is 11.8 Å². The van der Waals surface area contributed by atoms with Crippen molar-refractivity contribution in [3.63, 3.8) is 0 Å². The zero-order valence-corrected chi connectivity index (χ0v) is 13.0. The zero-order valence-electron chi connectivity index (χ0n) is 12.3. The van der Waals surface area contributed by atoms with Gasteiger partial charge in [-0.05, 0) is 50.2 Å². The lowest BCUT2D eigenvalue weighted by atomic mass is 9.90. The number of rotatable bonds is 1. The highest BCUT2D eigenvalue weighted by molar-refractivity contribution is 6.30. The number of carbonyl (C=O) groups excluding carboxylic acids is 2. The molecule has 2 aromatic carbocycles. The summed E-state index contributed by atoms with van der Waals surface area (Å²) in [4.78, 5) is 26.9. The lowest BCUT2D eigenvalue weighted by Gasteiger charge is -2.27. The molecule has 1 heterocycles. The van der Waals surface area contributed by atoms with Crippen LogP contribution in [0.4, 0.5) is 17.1 Å². The fourth-order valence-corrected chi connectivity index (χ4v) is 2.51. The highest BCUT2D eigenvalue weighted by Gasteiger charge is 2.43. The minimum atomic E-state index is -1.17. The van der Waals surface area contributed by atoms with E-state index in [9.17, 15) is 9.59 Å². The fourth-order valence-electron chi connectivity index (χ4n) is 2.39. The zero-order chi connectivity index (χ0) is 15.9. The van der Waals surface area contributed by atoms with Crippen LogP contribution in [0.1, 0.15) is 13.8 Å². The van der Waals surface area contributed by atoms with Crippen molar-refractivity contribution in [1.29, 1.82) is 0 Å². The van der Waals surface area contributed by atoms with Crippen LogP contribution in [0.25, 0.3) is 0 Å². The van der Waals surface area contributed by atoms with Crippen LogP contribution in [-0.2, 0) is 9.59 Å². The number of nitrogens with one attached hydrogen (secondary N) is 1. The van der Waals surface area contributed by atoms with Crippen LogP contribution in [-0.4, -0.2) is 11.8 Å². The van der Waals surface area contributed by atoms with E-state index in [1.165, 1.54) is 0 Å². The Bertz CT molecular complexity index is 754. The average molecular weight is 315 g/mol. The number of carbonyl (C=O) groups is 2. The third-order valence-electron chi connectivity index (χ3n) is 3.78. The Morgan fingerprint density at radius 3 is 2.32 bits per heavy atom. The molecule has 0 aliphatic carbocycles. The van der Waals surface area contributed by atoms with Gasteiger partial charge in [-0.1, -0.05) is 23.7 Å². The van der Waals surface area contributed by atoms with Gasteiger partial charge in [0.05, 0.1) is 11.4 Å². The van der Waals surface area contributed by atoms with Gasteiger partial charge in [-0.3, -0.25) is 14.5 Å². The summed E-state index contributed by atoms with van der Waals surface area (Å²) in [5.41, 5.74) is 0.764. The quantitative estimate of drug-likeness (QED) is 0.809. The molecule has 0 atom stereocenters. The summed E-state index contributed by atoms with van der Waals surface area (Å²) in [6, 6.07) is 14.2. The maximum atomic E-state index is 13.0. The van der Waals surface area contributed by atoms with Gasteiger partial charge < -0.3 is 5.32 Å². The molecule has 1 N–H and O–H groups in total. The van der Waals surface area contributed by atoms with E-state index in [2.05, 4.69) is 5.32 Å². The molecular formula is C17H15ClN2O2. The molecule has 0 bridgehead atoms. The second kappa shape index (κ2) is 5.14. The van der Waals surface area contributed by atoms with Gasteiger partial charge in [0.2, 0.25) is 11.8 Å². The molecule has 0 fully saturated rings. The lowest BCUT2D eigenvalue weighted by Crippen LogP contribution is -2.43. The molecule has 3 rings (SSSR count). The van der Waals surface area contributed by atoms with Crippen LogP contribution in [0.15, 0.2) is 48.5 Å². The van der Waals surface area contributed by atoms with Gasteiger partial charge in [0.25, 0.3) is 0 Å². The summed E-state index contributed by atoms with van der Waals surface area (Å²) in [5, 5.41) is 3.42. The van der Waals surface area contributed by atoms with E-state index in [1.807, 2.05) is 18.2 Å². The molecule has 5 heteroatoms. The maximum Gasteiger partial charge on any atom is 0.246 e. The molecule has 0 unspecified atom stereocenters. The molecule has 1 aliphatic heterocycles. The highest BCUT2D eigenvalue weighted by Crippen LogP contribution is 2.39. The minimum Gasteiger partial charge on any atom is -0.323 e. The molecule has 2 amide bonds. The van der Waals surface area contributed by atoms with Gasteiger partial charge in [0.1, 0.15) is 5.41 Å². The molecule has 0 aromatic heterocycles. The van der Waals surface area contributed by atoms with Crippen LogP contribution in [0.2, 0.25) is 5.02 Å². The van der Waals surface area contributed by atoms with E-state index < -0.39 is 5.41 Å². The summed E-state index contributed by atoms with van der Waals surface area (Å²) in [6.07, 6.45) is 0. The van der Waals surface area contributed by atoms with Gasteiger partial charge in [-0.25, -0.2) is 0 Å². The highest BCUT2D eigenvalue weighted by atomic mass is 35.5. The second-order valence-corrected chi connectivity index (χ2v) is 6.15. The number of hydrogen-bond donors (Lipinski definition) is 1. The van der Waals surface area contributed by atoms with Crippen molar-refractivity contribution in [2.45, 2.75) is 13.8 Å². The van der Waals surface area contributed by atoms with Crippen molar-refractivity contribution in [2.75, 3.05) is 10.2 Å². The molecule has 2 aromatic rings. The first-order valence-corrected chi connectivity index (χ1v) is 7.29. The van der Waals surface area contributed by atoms with Crippen molar-refractivity contribution in [1.82, 2.24) is 0 Å². The van der Waals surface area contributed by atoms with Crippen molar-refractivity contribution in [3.8, 4) is 0 Å². The van der Waals surface area contributed by atoms with Gasteiger partial charge in [-0.2, -0.15) is 0 Å². The molecule has 0 saturated heterocycles. The van der Waals surface area contributed by atoms with Gasteiger partial charge >= 0.3 is 0 Å². The van der Waals surface area contributed by atoms with Crippen molar-refractivity contribution in [3.05, 3.63) is 53.6 Å². The Kier molecular flexibility index (Phi) is 3.41. The molecule has 0 radical (unpaired) electrons. The van der Waals surface area contributed by atoms with Gasteiger partial charge in [-0.15, -0.1) is 0 Å². The summed E-state index contributed by atoms with van der Waals surface area (Å²) < 4.78 is 0. The predicted molar refractivity (Wildman–Crippen MR) is 87.5 cm³/mol. The summed E-state index contributed by atoms with van der Waals surface area (Å²) in [6.45, 7) is 3.25. The standard InChI is InChI=1S/C17H15ClN2O2/c1-17(2)15(21)19-13-5-3-4-6-14(13)20(16(17)22)12-9-7-11(18)8-10-12/h3-10H,1-2H3,(H,19,21). The summed E-state index contributed by atoms with van der Waals surface area (Å²) >= 11 is 5.93. The molecule has 4 nitrogen and oxygen atoms in total. The topological polar surface area (TPSA) is 49.4 Å². The van der Waals surface area contributed by atoms with Crippen LogP contribution < -0.4 is 10.2 Å². The largest absolute Gasteiger partial charge is 0.323 e. The minimum absolute atomic E-state index is 0.280. The van der Waals surface area contributed by atoms with Crippen LogP contribution in [0, 0.1) is 5.41 Å². The first-order valence-electron chi connectivity index (χ1n) is 6.92. The Balaban J connectivity index is 2.22. The monoisotopic (exact) mass is 314 g/mol. The first kappa shape index (κ1) is 14.6. The third-order valence-corrected chi connectivity index (χ3v) is 4.04.